The van der Waals surface area contributed by atoms with E-state index in [-0.39, 0.29) is 47.6 Å². The van der Waals surface area contributed by atoms with E-state index in [1.807, 2.05) is 0 Å². The first-order chi connectivity index (χ1) is 11.7. The topological polar surface area (TPSA) is 62.4 Å². The molecule has 0 bridgehead atoms. The van der Waals surface area contributed by atoms with Crippen LogP contribution in [0.15, 0.2) is 23.8 Å². The number of fused-ring (bicyclic) bond motifs is 1. The van der Waals surface area contributed by atoms with Crippen LogP contribution < -0.4 is 0 Å². The second kappa shape index (κ2) is 6.64. The van der Waals surface area contributed by atoms with Crippen LogP contribution in [0.2, 0.25) is 0 Å². The zero-order chi connectivity index (χ0) is 18.4. The van der Waals surface area contributed by atoms with Gasteiger partial charge in [-0.05, 0) is 71.3 Å². The number of aliphatic hydroxyl groups excluding tert-OH is 1. The number of ketones is 1. The summed E-state index contributed by atoms with van der Waals surface area (Å²) in [7, 11) is 0. The Morgan fingerprint density at radius 1 is 1.32 bits per heavy atom. The number of Topliss-reactive ketones (excluding diaryl/α,β-unsaturated/α-hetero) is 1. The van der Waals surface area contributed by atoms with Crippen molar-refractivity contribution in [3.63, 3.8) is 0 Å². The predicted octanol–water partition coefficient (Wildman–Crippen LogP) is 3.58. The molecule has 3 rings (SSSR count). The molecule has 0 aromatic carbocycles. The van der Waals surface area contributed by atoms with Crippen LogP contribution in [0.1, 0.15) is 59.8 Å². The van der Waals surface area contributed by atoms with Gasteiger partial charge in [-0.15, -0.1) is 0 Å². The van der Waals surface area contributed by atoms with Crippen molar-refractivity contribution in [3.05, 3.63) is 23.8 Å². The number of ether oxygens (including phenoxy) is 2. The number of rotatable bonds is 5. The van der Waals surface area contributed by atoms with Gasteiger partial charge in [0.05, 0.1) is 30.0 Å². The second-order valence-corrected chi connectivity index (χ2v) is 8.73. The maximum absolute atomic E-state index is 12.4. The third kappa shape index (κ3) is 3.91. The lowest BCUT2D eigenvalue weighted by molar-refractivity contribution is -0.120. The number of hydrogen-bond donors (Lipinski definition) is 1. The molecule has 4 nitrogen and oxygen atoms in total. The van der Waals surface area contributed by atoms with Crippen molar-refractivity contribution in [1.29, 1.82) is 0 Å². The zero-order valence-electron chi connectivity index (χ0n) is 16.0. The third-order valence-corrected chi connectivity index (χ3v) is 6.41. The fourth-order valence-corrected chi connectivity index (χ4v) is 4.47. The molecule has 0 radical (unpaired) electrons. The van der Waals surface area contributed by atoms with Crippen molar-refractivity contribution in [2.45, 2.75) is 83.2 Å². The van der Waals surface area contributed by atoms with E-state index in [9.17, 15) is 9.90 Å². The molecule has 4 heteroatoms. The molecule has 2 saturated heterocycles. The fourth-order valence-electron chi connectivity index (χ4n) is 4.47. The van der Waals surface area contributed by atoms with Crippen molar-refractivity contribution in [2.24, 2.45) is 11.8 Å². The van der Waals surface area contributed by atoms with Gasteiger partial charge < -0.3 is 14.6 Å². The Hall–Kier alpha value is -0.970. The van der Waals surface area contributed by atoms with Gasteiger partial charge in [0.2, 0.25) is 0 Å². The standard InChI is InChI=1S/C21H32O4/c1-13-6-8-18-21(5,25-18)11-10-16(19(13)14(2)23)15(12-22)7-9-17-20(3,4)24-17/h7,16-19,22H,1,6,8-12H2,2-5H3/b15-7+/t16-,17?,18+,19-,21+/m1/s1. The Balaban J connectivity index is 1.82. The lowest BCUT2D eigenvalue weighted by Crippen LogP contribution is -2.27. The van der Waals surface area contributed by atoms with Gasteiger partial charge >= 0.3 is 0 Å². The Bertz CT molecular complexity index is 591. The summed E-state index contributed by atoms with van der Waals surface area (Å²) >= 11 is 0. The van der Waals surface area contributed by atoms with Gasteiger partial charge in [-0.1, -0.05) is 18.2 Å². The lowest BCUT2D eigenvalue weighted by atomic mass is 9.75. The van der Waals surface area contributed by atoms with E-state index in [2.05, 4.69) is 33.4 Å². The number of allylic oxidation sites excluding steroid dienone is 1. The number of hydrogen-bond acceptors (Lipinski definition) is 4. The predicted molar refractivity (Wildman–Crippen MR) is 97.3 cm³/mol. The molecule has 2 aliphatic heterocycles. The fraction of sp³-hybridized carbons (Fsp3) is 0.762. The van der Waals surface area contributed by atoms with E-state index in [1.165, 1.54) is 0 Å². The molecule has 0 spiro atoms. The van der Waals surface area contributed by atoms with E-state index in [4.69, 9.17) is 9.47 Å². The van der Waals surface area contributed by atoms with E-state index in [0.29, 0.717) is 0 Å². The van der Waals surface area contributed by atoms with Crippen LogP contribution in [-0.4, -0.2) is 40.9 Å². The van der Waals surface area contributed by atoms with Crippen LogP contribution >= 0.6 is 0 Å². The first kappa shape index (κ1) is 18.8. The molecule has 1 N–H and O–H groups in total. The van der Waals surface area contributed by atoms with E-state index < -0.39 is 0 Å². The van der Waals surface area contributed by atoms with E-state index in [0.717, 1.165) is 43.3 Å². The van der Waals surface area contributed by atoms with Crippen LogP contribution in [0.5, 0.6) is 0 Å². The maximum Gasteiger partial charge on any atom is 0.137 e. The van der Waals surface area contributed by atoms with Gasteiger partial charge in [-0.3, -0.25) is 4.79 Å². The smallest absolute Gasteiger partial charge is 0.137 e. The van der Waals surface area contributed by atoms with Crippen molar-refractivity contribution in [3.8, 4) is 0 Å². The molecule has 3 fully saturated rings. The highest BCUT2D eigenvalue weighted by molar-refractivity contribution is 5.82. The van der Waals surface area contributed by atoms with Gasteiger partial charge in [-0.25, -0.2) is 0 Å². The summed E-state index contributed by atoms with van der Waals surface area (Å²) in [5.41, 5.74) is 1.81. The van der Waals surface area contributed by atoms with Gasteiger partial charge in [0, 0.05) is 5.92 Å². The Morgan fingerprint density at radius 3 is 2.56 bits per heavy atom. The molecule has 2 heterocycles. The molecular formula is C21H32O4. The molecule has 5 atom stereocenters. The summed E-state index contributed by atoms with van der Waals surface area (Å²) < 4.78 is 11.5. The highest BCUT2D eigenvalue weighted by atomic mass is 16.6. The molecule has 1 aliphatic carbocycles. The highest BCUT2D eigenvalue weighted by Crippen LogP contribution is 2.48. The zero-order valence-corrected chi connectivity index (χ0v) is 16.0. The average Bonchev–Trinajstić information content (AvgIpc) is 3.37. The van der Waals surface area contributed by atoms with Gasteiger partial charge in [0.1, 0.15) is 5.78 Å². The van der Waals surface area contributed by atoms with Gasteiger partial charge in [-0.2, -0.15) is 0 Å². The third-order valence-electron chi connectivity index (χ3n) is 6.41. The Labute approximate surface area is 151 Å². The summed E-state index contributed by atoms with van der Waals surface area (Å²) in [6, 6.07) is 0. The van der Waals surface area contributed by atoms with Gasteiger partial charge in [0.25, 0.3) is 0 Å². The number of carbonyl (C=O) groups excluding carboxylic acids is 1. The van der Waals surface area contributed by atoms with Crippen LogP contribution in [0.4, 0.5) is 0 Å². The van der Waals surface area contributed by atoms with Crippen LogP contribution in [0.25, 0.3) is 0 Å². The van der Waals surface area contributed by atoms with Gasteiger partial charge in [0.15, 0.2) is 0 Å². The molecule has 1 saturated carbocycles. The average molecular weight is 348 g/mol. The van der Waals surface area contributed by atoms with Crippen LogP contribution in [0, 0.1) is 11.8 Å². The molecule has 3 aliphatic rings. The van der Waals surface area contributed by atoms with Crippen molar-refractivity contribution < 1.29 is 19.4 Å². The molecule has 140 valence electrons. The number of aliphatic hydroxyl groups is 1. The maximum atomic E-state index is 12.4. The van der Waals surface area contributed by atoms with E-state index >= 15 is 0 Å². The quantitative estimate of drug-likeness (QED) is 0.609. The molecular weight excluding hydrogens is 316 g/mol. The minimum absolute atomic E-state index is 0.0108. The monoisotopic (exact) mass is 348 g/mol. The molecule has 0 aromatic heterocycles. The molecule has 1 unspecified atom stereocenters. The molecule has 0 aromatic rings. The minimum atomic E-state index is -0.201. The largest absolute Gasteiger partial charge is 0.392 e. The summed E-state index contributed by atoms with van der Waals surface area (Å²) in [6.07, 6.45) is 6.90. The molecule has 0 amide bonds. The van der Waals surface area contributed by atoms with Crippen molar-refractivity contribution >= 4 is 5.78 Å². The first-order valence-electron chi connectivity index (χ1n) is 9.51. The van der Waals surface area contributed by atoms with Crippen molar-refractivity contribution in [2.75, 3.05) is 6.61 Å². The minimum Gasteiger partial charge on any atom is -0.392 e. The number of epoxide rings is 2. The van der Waals surface area contributed by atoms with Crippen molar-refractivity contribution in [1.82, 2.24) is 0 Å². The summed E-state index contributed by atoms with van der Waals surface area (Å²) in [5.74, 6) is -0.0386. The Morgan fingerprint density at radius 2 is 2.00 bits per heavy atom. The summed E-state index contributed by atoms with van der Waals surface area (Å²) in [5, 5.41) is 10.0. The molecule has 25 heavy (non-hydrogen) atoms. The van der Waals surface area contributed by atoms with Crippen LogP contribution in [-0.2, 0) is 14.3 Å². The lowest BCUT2D eigenvalue weighted by Gasteiger charge is -2.29. The second-order valence-electron chi connectivity index (χ2n) is 8.73. The Kier molecular flexibility index (Phi) is 5.00. The summed E-state index contributed by atoms with van der Waals surface area (Å²) in [6.45, 7) is 12.2. The summed E-state index contributed by atoms with van der Waals surface area (Å²) in [4.78, 5) is 12.4. The van der Waals surface area contributed by atoms with E-state index in [1.54, 1.807) is 6.92 Å². The number of carbonyl (C=O) groups is 1. The first-order valence-corrected chi connectivity index (χ1v) is 9.51. The SMILES string of the molecule is C=C1CC[C@@H]2O[C@@]2(C)CC[C@H](/C(=C/CC2OC2(C)C)CO)[C@H]1C(C)=O. The highest BCUT2D eigenvalue weighted by Gasteiger charge is 2.52. The normalized spacial score (nSPS) is 40.5. The van der Waals surface area contributed by atoms with Crippen LogP contribution in [0.3, 0.4) is 0 Å².